The number of nitrogens with one attached hydrogen (secondary N) is 1. The Morgan fingerprint density at radius 3 is 2.69 bits per heavy atom. The van der Waals surface area contributed by atoms with E-state index in [0.717, 1.165) is 11.3 Å². The Morgan fingerprint density at radius 1 is 1.25 bits per heavy atom. The zero-order valence-corrected chi connectivity index (χ0v) is 9.58. The quantitative estimate of drug-likeness (QED) is 0.863. The normalized spacial score (nSPS) is 11.7. The molecule has 1 unspecified atom stereocenters. The number of anilines is 1. The highest BCUT2D eigenvalue weighted by Crippen LogP contribution is 2.23. The number of rotatable bonds is 4. The Balaban J connectivity index is 2.15. The number of nitriles is 1. The first kappa shape index (κ1) is 10.7. The monoisotopic (exact) mass is 228 g/mol. The molecule has 0 aliphatic carbocycles. The van der Waals surface area contributed by atoms with Gasteiger partial charge >= 0.3 is 0 Å². The van der Waals surface area contributed by atoms with Gasteiger partial charge in [0.05, 0.1) is 18.5 Å². The third kappa shape index (κ3) is 2.62. The molecule has 0 saturated carbocycles. The molecule has 0 aliphatic heterocycles. The minimum Gasteiger partial charge on any atom is -0.377 e. The third-order valence-corrected chi connectivity index (χ3v) is 3.04. The van der Waals surface area contributed by atoms with Crippen molar-refractivity contribution in [1.82, 2.24) is 0 Å². The van der Waals surface area contributed by atoms with Crippen molar-refractivity contribution in [2.24, 2.45) is 0 Å². The zero-order chi connectivity index (χ0) is 11.2. The lowest BCUT2D eigenvalue weighted by Gasteiger charge is -2.16. The van der Waals surface area contributed by atoms with Gasteiger partial charge in [0.2, 0.25) is 0 Å². The van der Waals surface area contributed by atoms with Gasteiger partial charge in [0.25, 0.3) is 0 Å². The van der Waals surface area contributed by atoms with Crippen molar-refractivity contribution in [3.05, 3.63) is 52.7 Å². The van der Waals surface area contributed by atoms with Crippen LogP contribution in [0.3, 0.4) is 0 Å². The Labute approximate surface area is 99.2 Å². The minimum atomic E-state index is 0.0702. The Bertz CT molecular complexity index is 456. The van der Waals surface area contributed by atoms with Gasteiger partial charge in [-0.15, -0.1) is 0 Å². The summed E-state index contributed by atoms with van der Waals surface area (Å²) in [5.74, 6) is 0. The lowest BCUT2D eigenvalue weighted by Crippen LogP contribution is -2.09. The van der Waals surface area contributed by atoms with E-state index in [4.69, 9.17) is 5.26 Å². The summed E-state index contributed by atoms with van der Waals surface area (Å²) in [7, 11) is 0. The van der Waals surface area contributed by atoms with Crippen LogP contribution in [0.2, 0.25) is 0 Å². The molecular formula is C13H12N2S. The Morgan fingerprint density at radius 2 is 2.06 bits per heavy atom. The second kappa shape index (κ2) is 5.34. The molecule has 3 heteroatoms. The Kier molecular flexibility index (Phi) is 3.58. The van der Waals surface area contributed by atoms with E-state index in [1.54, 1.807) is 11.3 Å². The summed E-state index contributed by atoms with van der Waals surface area (Å²) < 4.78 is 0. The van der Waals surface area contributed by atoms with E-state index in [1.165, 1.54) is 0 Å². The molecular weight excluding hydrogens is 216 g/mol. The summed E-state index contributed by atoms with van der Waals surface area (Å²) in [6.45, 7) is 0. The first-order chi connectivity index (χ1) is 7.90. The van der Waals surface area contributed by atoms with Crippen molar-refractivity contribution >= 4 is 17.0 Å². The SMILES string of the molecule is N#CCC(Nc1ccsc1)c1ccccc1. The average molecular weight is 228 g/mol. The van der Waals surface area contributed by atoms with Crippen LogP contribution in [0.4, 0.5) is 5.69 Å². The summed E-state index contributed by atoms with van der Waals surface area (Å²) in [5.41, 5.74) is 2.23. The largest absolute Gasteiger partial charge is 0.377 e. The van der Waals surface area contributed by atoms with Gasteiger partial charge in [-0.25, -0.2) is 0 Å². The van der Waals surface area contributed by atoms with E-state index in [9.17, 15) is 0 Å². The summed E-state index contributed by atoms with van der Waals surface area (Å²) in [6, 6.07) is 14.4. The van der Waals surface area contributed by atoms with Crippen LogP contribution in [-0.2, 0) is 0 Å². The van der Waals surface area contributed by atoms with Crippen molar-refractivity contribution in [1.29, 1.82) is 5.26 Å². The van der Waals surface area contributed by atoms with Gasteiger partial charge in [0.15, 0.2) is 0 Å². The lowest BCUT2D eigenvalue weighted by molar-refractivity contribution is 0.807. The fraction of sp³-hybridized carbons (Fsp3) is 0.154. The molecule has 0 radical (unpaired) electrons. The molecule has 1 aromatic carbocycles. The molecule has 80 valence electrons. The molecule has 0 bridgehead atoms. The number of benzene rings is 1. The molecule has 2 rings (SSSR count). The van der Waals surface area contributed by atoms with E-state index in [-0.39, 0.29) is 6.04 Å². The highest BCUT2D eigenvalue weighted by Gasteiger charge is 2.10. The van der Waals surface area contributed by atoms with Gasteiger partial charge in [-0.1, -0.05) is 30.3 Å². The van der Waals surface area contributed by atoms with Crippen molar-refractivity contribution in [3.63, 3.8) is 0 Å². The van der Waals surface area contributed by atoms with Crippen LogP contribution in [0.5, 0.6) is 0 Å². The van der Waals surface area contributed by atoms with E-state index in [1.807, 2.05) is 47.2 Å². The second-order valence-electron chi connectivity index (χ2n) is 3.48. The van der Waals surface area contributed by atoms with Crippen LogP contribution >= 0.6 is 11.3 Å². The maximum Gasteiger partial charge on any atom is 0.0647 e. The molecule has 0 aliphatic rings. The molecule has 0 spiro atoms. The smallest absolute Gasteiger partial charge is 0.0647 e. The summed E-state index contributed by atoms with van der Waals surface area (Å²) in [6.07, 6.45) is 0.472. The van der Waals surface area contributed by atoms with Gasteiger partial charge < -0.3 is 5.32 Å². The first-order valence-electron chi connectivity index (χ1n) is 5.11. The molecule has 2 nitrogen and oxygen atoms in total. The summed E-state index contributed by atoms with van der Waals surface area (Å²) in [4.78, 5) is 0. The average Bonchev–Trinajstić information content (AvgIpc) is 2.83. The predicted octanol–water partition coefficient (Wildman–Crippen LogP) is 3.81. The highest BCUT2D eigenvalue weighted by molar-refractivity contribution is 7.08. The van der Waals surface area contributed by atoms with Gasteiger partial charge in [-0.2, -0.15) is 16.6 Å². The van der Waals surface area contributed by atoms with Crippen LogP contribution in [0, 0.1) is 11.3 Å². The maximum atomic E-state index is 8.84. The van der Waals surface area contributed by atoms with Crippen molar-refractivity contribution in [2.45, 2.75) is 12.5 Å². The number of hydrogen-bond acceptors (Lipinski definition) is 3. The van der Waals surface area contributed by atoms with Crippen LogP contribution < -0.4 is 5.32 Å². The van der Waals surface area contributed by atoms with Crippen molar-refractivity contribution < 1.29 is 0 Å². The van der Waals surface area contributed by atoms with Gasteiger partial charge in [-0.05, 0) is 17.0 Å². The van der Waals surface area contributed by atoms with Gasteiger partial charge in [0, 0.05) is 11.1 Å². The molecule has 1 heterocycles. The standard InChI is InChI=1S/C13H12N2S/c14-8-6-13(11-4-2-1-3-5-11)15-12-7-9-16-10-12/h1-5,7,9-10,13,15H,6H2. The zero-order valence-electron chi connectivity index (χ0n) is 8.76. The molecule has 1 N–H and O–H groups in total. The van der Waals surface area contributed by atoms with E-state index >= 15 is 0 Å². The fourth-order valence-electron chi connectivity index (χ4n) is 1.58. The Hall–Kier alpha value is -1.79. The number of hydrogen-bond donors (Lipinski definition) is 1. The highest BCUT2D eigenvalue weighted by atomic mass is 32.1. The molecule has 2 aromatic rings. The molecule has 0 amide bonds. The van der Waals surface area contributed by atoms with Crippen LogP contribution in [0.1, 0.15) is 18.0 Å². The van der Waals surface area contributed by atoms with Crippen molar-refractivity contribution in [3.8, 4) is 6.07 Å². The second-order valence-corrected chi connectivity index (χ2v) is 4.26. The topological polar surface area (TPSA) is 35.8 Å². The van der Waals surface area contributed by atoms with E-state index < -0.39 is 0 Å². The first-order valence-corrected chi connectivity index (χ1v) is 6.05. The van der Waals surface area contributed by atoms with Crippen molar-refractivity contribution in [2.75, 3.05) is 5.32 Å². The van der Waals surface area contributed by atoms with Gasteiger partial charge in [0.1, 0.15) is 0 Å². The fourth-order valence-corrected chi connectivity index (χ4v) is 2.17. The lowest BCUT2D eigenvalue weighted by atomic mass is 10.0. The predicted molar refractivity (Wildman–Crippen MR) is 67.4 cm³/mol. The summed E-state index contributed by atoms with van der Waals surface area (Å²) >= 11 is 1.65. The maximum absolute atomic E-state index is 8.84. The number of nitrogens with zero attached hydrogens (tertiary/aromatic N) is 1. The van der Waals surface area contributed by atoms with Gasteiger partial charge in [-0.3, -0.25) is 0 Å². The van der Waals surface area contributed by atoms with E-state index in [0.29, 0.717) is 6.42 Å². The van der Waals surface area contributed by atoms with Crippen LogP contribution in [0.25, 0.3) is 0 Å². The molecule has 0 saturated heterocycles. The number of thiophene rings is 1. The minimum absolute atomic E-state index is 0.0702. The molecule has 1 atom stereocenters. The van der Waals surface area contributed by atoms with E-state index in [2.05, 4.69) is 11.4 Å². The summed E-state index contributed by atoms with van der Waals surface area (Å²) in [5, 5.41) is 16.3. The molecule has 16 heavy (non-hydrogen) atoms. The molecule has 1 aromatic heterocycles. The molecule has 0 fully saturated rings. The third-order valence-electron chi connectivity index (χ3n) is 2.36. The van der Waals surface area contributed by atoms with Crippen LogP contribution in [-0.4, -0.2) is 0 Å². The van der Waals surface area contributed by atoms with Crippen LogP contribution in [0.15, 0.2) is 47.2 Å².